The standard InChI is InChI=1S/2C5H5N.BH3O3/c2*1-2-4-6-5-3-1;2-1(3)4/h2*1-5H;2-4H. The average Bonchev–Trinajstić information content (AvgIpc) is 2.34. The summed E-state index contributed by atoms with van der Waals surface area (Å²) in [6.45, 7) is 0. The predicted octanol–water partition coefficient (Wildman–Crippen LogP) is 0.111. The van der Waals surface area contributed by atoms with Crippen molar-refractivity contribution in [1.29, 1.82) is 0 Å². The van der Waals surface area contributed by atoms with Gasteiger partial charge in [0.15, 0.2) is 0 Å². The van der Waals surface area contributed by atoms with Crippen LogP contribution in [0.3, 0.4) is 0 Å². The first-order valence-corrected chi connectivity index (χ1v) is 4.47. The van der Waals surface area contributed by atoms with Gasteiger partial charge in [0.1, 0.15) is 0 Å². The highest BCUT2D eigenvalue weighted by molar-refractivity contribution is 6.30. The summed E-state index contributed by atoms with van der Waals surface area (Å²) in [4.78, 5) is 7.57. The molecule has 0 aromatic carbocycles. The van der Waals surface area contributed by atoms with Gasteiger partial charge >= 0.3 is 7.32 Å². The summed E-state index contributed by atoms with van der Waals surface area (Å²) in [5, 5.41) is 21.5. The normalized spacial score (nSPS) is 7.69. The Morgan fingerprint density at radius 1 is 0.562 bits per heavy atom. The summed E-state index contributed by atoms with van der Waals surface area (Å²) < 4.78 is 0. The molecule has 2 aromatic heterocycles. The van der Waals surface area contributed by atoms with Crippen LogP contribution in [0.4, 0.5) is 0 Å². The van der Waals surface area contributed by atoms with Crippen LogP contribution in [0, 0.1) is 0 Å². The summed E-state index contributed by atoms with van der Waals surface area (Å²) in [5.74, 6) is 0. The predicted molar refractivity (Wildman–Crippen MR) is 60.9 cm³/mol. The molecule has 16 heavy (non-hydrogen) atoms. The summed E-state index contributed by atoms with van der Waals surface area (Å²) >= 11 is 0. The highest BCUT2D eigenvalue weighted by atomic mass is 16.5. The van der Waals surface area contributed by atoms with Crippen LogP contribution in [0.1, 0.15) is 0 Å². The zero-order valence-electron chi connectivity index (χ0n) is 8.59. The van der Waals surface area contributed by atoms with Gasteiger partial charge in [-0.15, -0.1) is 0 Å². The molecule has 0 radical (unpaired) electrons. The molecule has 0 saturated heterocycles. The average molecular weight is 220 g/mol. The molecule has 6 heteroatoms. The third kappa shape index (κ3) is 14.8. The van der Waals surface area contributed by atoms with Crippen LogP contribution in [-0.4, -0.2) is 32.4 Å². The van der Waals surface area contributed by atoms with Crippen LogP contribution in [-0.2, 0) is 0 Å². The molecule has 84 valence electrons. The minimum atomic E-state index is -2.17. The quantitative estimate of drug-likeness (QED) is 0.548. The fourth-order valence-electron chi connectivity index (χ4n) is 0.625. The number of pyridine rings is 2. The molecular formula is C10H13BN2O3. The van der Waals surface area contributed by atoms with Crippen LogP contribution in [0.5, 0.6) is 0 Å². The minimum absolute atomic E-state index is 1.75. The summed E-state index contributed by atoms with van der Waals surface area (Å²) in [6.07, 6.45) is 7.00. The Kier molecular flexibility index (Phi) is 10.1. The van der Waals surface area contributed by atoms with E-state index in [1.54, 1.807) is 24.8 Å². The van der Waals surface area contributed by atoms with Crippen molar-refractivity contribution in [3.05, 3.63) is 61.2 Å². The van der Waals surface area contributed by atoms with Gasteiger partial charge in [-0.1, -0.05) is 12.1 Å². The molecule has 0 fully saturated rings. The molecule has 0 amide bonds. The van der Waals surface area contributed by atoms with E-state index in [1.165, 1.54) is 0 Å². The van der Waals surface area contributed by atoms with E-state index in [-0.39, 0.29) is 0 Å². The van der Waals surface area contributed by atoms with Gasteiger partial charge in [0.2, 0.25) is 0 Å². The Labute approximate surface area is 94.2 Å². The maximum Gasteiger partial charge on any atom is 0.631 e. The van der Waals surface area contributed by atoms with Gasteiger partial charge in [0.05, 0.1) is 0 Å². The molecule has 2 heterocycles. The summed E-state index contributed by atoms with van der Waals surface area (Å²) in [5.41, 5.74) is 0. The van der Waals surface area contributed by atoms with E-state index in [4.69, 9.17) is 15.1 Å². The van der Waals surface area contributed by atoms with E-state index in [1.807, 2.05) is 36.4 Å². The lowest BCUT2D eigenvalue weighted by molar-refractivity contribution is 0.278. The number of rotatable bonds is 0. The lowest BCUT2D eigenvalue weighted by Crippen LogP contribution is -2.07. The highest BCUT2D eigenvalue weighted by Gasteiger charge is 1.92. The van der Waals surface area contributed by atoms with Crippen molar-refractivity contribution in [3.8, 4) is 0 Å². The molecule has 0 aliphatic carbocycles. The smallest absolute Gasteiger partial charge is 0.402 e. The lowest BCUT2D eigenvalue weighted by Gasteiger charge is -1.70. The van der Waals surface area contributed by atoms with Crippen molar-refractivity contribution in [2.45, 2.75) is 0 Å². The summed E-state index contributed by atoms with van der Waals surface area (Å²) in [6, 6.07) is 11.4. The molecule has 0 unspecified atom stereocenters. The van der Waals surface area contributed by atoms with Gasteiger partial charge in [-0.05, 0) is 24.3 Å². The molecule has 0 saturated carbocycles. The molecule has 5 nitrogen and oxygen atoms in total. The fourth-order valence-corrected chi connectivity index (χ4v) is 0.625. The number of hydrogen-bond acceptors (Lipinski definition) is 5. The zero-order valence-corrected chi connectivity index (χ0v) is 8.59. The number of aromatic nitrogens is 2. The Hall–Kier alpha value is -1.76. The van der Waals surface area contributed by atoms with E-state index >= 15 is 0 Å². The van der Waals surface area contributed by atoms with Crippen LogP contribution < -0.4 is 0 Å². The number of nitrogens with zero attached hydrogens (tertiary/aromatic N) is 2. The molecule has 0 atom stereocenters. The van der Waals surface area contributed by atoms with Gasteiger partial charge < -0.3 is 15.1 Å². The molecule has 2 aromatic rings. The van der Waals surface area contributed by atoms with Crippen molar-refractivity contribution < 1.29 is 15.1 Å². The first-order chi connectivity index (χ1) is 7.73. The Morgan fingerprint density at radius 2 is 0.812 bits per heavy atom. The third-order valence-electron chi connectivity index (χ3n) is 1.13. The SMILES string of the molecule is OB(O)O.c1ccncc1.c1ccncc1. The first-order valence-electron chi connectivity index (χ1n) is 4.47. The van der Waals surface area contributed by atoms with Gasteiger partial charge in [-0.25, -0.2) is 0 Å². The van der Waals surface area contributed by atoms with Gasteiger partial charge in [0.25, 0.3) is 0 Å². The summed E-state index contributed by atoms with van der Waals surface area (Å²) in [7, 11) is -2.17. The molecule has 0 bridgehead atoms. The highest BCUT2D eigenvalue weighted by Crippen LogP contribution is 1.74. The second-order valence-corrected chi connectivity index (χ2v) is 2.40. The van der Waals surface area contributed by atoms with Crippen LogP contribution in [0.2, 0.25) is 0 Å². The maximum atomic E-state index is 7.17. The second-order valence-electron chi connectivity index (χ2n) is 2.40. The molecule has 0 aliphatic heterocycles. The minimum Gasteiger partial charge on any atom is -0.402 e. The van der Waals surface area contributed by atoms with Crippen LogP contribution >= 0.6 is 0 Å². The van der Waals surface area contributed by atoms with Gasteiger partial charge in [-0.3, -0.25) is 9.97 Å². The second kappa shape index (κ2) is 11.3. The van der Waals surface area contributed by atoms with E-state index in [9.17, 15) is 0 Å². The van der Waals surface area contributed by atoms with Crippen molar-refractivity contribution in [1.82, 2.24) is 9.97 Å². The molecule has 0 aliphatic rings. The van der Waals surface area contributed by atoms with Crippen molar-refractivity contribution in [3.63, 3.8) is 0 Å². The molecule has 0 spiro atoms. The van der Waals surface area contributed by atoms with Gasteiger partial charge in [0, 0.05) is 24.8 Å². The lowest BCUT2D eigenvalue weighted by atomic mass is 10.3. The Balaban J connectivity index is 0.000000217. The third-order valence-corrected chi connectivity index (χ3v) is 1.13. The monoisotopic (exact) mass is 220 g/mol. The maximum absolute atomic E-state index is 7.17. The van der Waals surface area contributed by atoms with E-state index in [2.05, 4.69) is 9.97 Å². The molecular weight excluding hydrogens is 207 g/mol. The topological polar surface area (TPSA) is 86.5 Å². The molecule has 2 rings (SSSR count). The van der Waals surface area contributed by atoms with Crippen molar-refractivity contribution in [2.24, 2.45) is 0 Å². The van der Waals surface area contributed by atoms with Crippen LogP contribution in [0.15, 0.2) is 61.2 Å². The Bertz CT molecular complexity index is 234. The van der Waals surface area contributed by atoms with E-state index in [0.29, 0.717) is 0 Å². The fraction of sp³-hybridized carbons (Fsp3) is 0. The molecule has 3 N–H and O–H groups in total. The van der Waals surface area contributed by atoms with E-state index in [0.717, 1.165) is 0 Å². The number of hydrogen-bond donors (Lipinski definition) is 3. The zero-order chi connectivity index (χ0) is 12.1. The first kappa shape index (κ1) is 14.2. The van der Waals surface area contributed by atoms with E-state index < -0.39 is 7.32 Å². The van der Waals surface area contributed by atoms with Crippen molar-refractivity contribution in [2.75, 3.05) is 0 Å². The van der Waals surface area contributed by atoms with Crippen molar-refractivity contribution >= 4 is 7.32 Å². The largest absolute Gasteiger partial charge is 0.631 e. The van der Waals surface area contributed by atoms with Crippen LogP contribution in [0.25, 0.3) is 0 Å². The van der Waals surface area contributed by atoms with Gasteiger partial charge in [-0.2, -0.15) is 0 Å². The Morgan fingerprint density at radius 3 is 0.875 bits per heavy atom.